The molecule has 1 aromatic heterocycles. The minimum atomic E-state index is -1.39. The van der Waals surface area contributed by atoms with Gasteiger partial charge >= 0.3 is 5.97 Å². The van der Waals surface area contributed by atoms with E-state index >= 15 is 0 Å². The van der Waals surface area contributed by atoms with Crippen LogP contribution in [0.2, 0.25) is 0 Å². The Balaban J connectivity index is 1.75. The normalized spacial score (nSPS) is 12.5. The van der Waals surface area contributed by atoms with Crippen molar-refractivity contribution in [2.75, 3.05) is 20.7 Å². The summed E-state index contributed by atoms with van der Waals surface area (Å²) >= 11 is 0. The lowest BCUT2D eigenvalue weighted by Gasteiger charge is -2.21. The van der Waals surface area contributed by atoms with Crippen molar-refractivity contribution in [2.45, 2.75) is 31.9 Å². The fourth-order valence-electron chi connectivity index (χ4n) is 3.59. The highest BCUT2D eigenvalue weighted by atomic mass is 16.5. The maximum Gasteiger partial charge on any atom is 0.335 e. The largest absolute Gasteiger partial charge is 0.464 e. The van der Waals surface area contributed by atoms with Crippen molar-refractivity contribution in [1.29, 1.82) is 0 Å². The Morgan fingerprint density at radius 2 is 1.71 bits per heavy atom. The first-order valence-electron chi connectivity index (χ1n) is 11.4. The summed E-state index contributed by atoms with van der Waals surface area (Å²) in [5.74, 6) is -1.59. The number of nitrogens with one attached hydrogen (secondary N) is 2. The molecule has 0 aliphatic carbocycles. The molecular formula is C26H30N4O5. The van der Waals surface area contributed by atoms with Crippen LogP contribution >= 0.6 is 0 Å². The molecule has 0 aliphatic rings. The minimum Gasteiger partial charge on any atom is -0.464 e. The van der Waals surface area contributed by atoms with E-state index in [1.807, 2.05) is 54.6 Å². The van der Waals surface area contributed by atoms with Gasteiger partial charge in [-0.2, -0.15) is 5.10 Å². The first-order valence-corrected chi connectivity index (χ1v) is 11.4. The highest BCUT2D eigenvalue weighted by molar-refractivity contribution is 5.97. The highest BCUT2D eigenvalue weighted by Gasteiger charge is 2.25. The number of aliphatic hydroxyl groups excluding tert-OH is 1. The van der Waals surface area contributed by atoms with Gasteiger partial charge < -0.3 is 20.1 Å². The van der Waals surface area contributed by atoms with Gasteiger partial charge in [0.1, 0.15) is 5.69 Å². The van der Waals surface area contributed by atoms with Gasteiger partial charge in [-0.1, -0.05) is 54.6 Å². The maximum absolute atomic E-state index is 12.9. The molecule has 3 rings (SSSR count). The van der Waals surface area contributed by atoms with E-state index in [1.165, 1.54) is 11.0 Å². The van der Waals surface area contributed by atoms with Gasteiger partial charge in [0.2, 0.25) is 0 Å². The summed E-state index contributed by atoms with van der Waals surface area (Å²) in [6.45, 7) is 1.80. The molecule has 9 heteroatoms. The lowest BCUT2D eigenvalue weighted by molar-refractivity contribution is -0.153. The number of amides is 2. The van der Waals surface area contributed by atoms with Crippen molar-refractivity contribution in [3.63, 3.8) is 0 Å². The smallest absolute Gasteiger partial charge is 0.335 e. The van der Waals surface area contributed by atoms with Crippen molar-refractivity contribution in [3.8, 4) is 11.1 Å². The summed E-state index contributed by atoms with van der Waals surface area (Å²) in [5.41, 5.74) is 3.27. The number of esters is 1. The van der Waals surface area contributed by atoms with Crippen LogP contribution in [0.3, 0.4) is 0 Å². The zero-order chi connectivity index (χ0) is 25.4. The monoisotopic (exact) mass is 478 g/mol. The molecular weight excluding hydrogens is 448 g/mol. The quantitative estimate of drug-likeness (QED) is 0.385. The number of hydrogen-bond donors (Lipinski definition) is 3. The molecule has 0 saturated heterocycles. The highest BCUT2D eigenvalue weighted by Crippen LogP contribution is 2.20. The predicted molar refractivity (Wildman–Crippen MR) is 131 cm³/mol. The van der Waals surface area contributed by atoms with Crippen molar-refractivity contribution in [2.24, 2.45) is 0 Å². The molecule has 2 atom stereocenters. The summed E-state index contributed by atoms with van der Waals surface area (Å²) < 4.78 is 4.90. The van der Waals surface area contributed by atoms with Crippen LogP contribution in [0, 0.1) is 0 Å². The standard InChI is InChI=1S/C26H30N4O5/c1-4-35-26(34)23(31)15-20(27-24(32)21-16-22(29-28-21)25(33)30(2)3)14-17-10-12-19(13-11-17)18-8-6-5-7-9-18/h5-13,16,20,23,31H,4,14-15H2,1-3H3,(H,27,32)(H,28,29)/t20?,23-/m1/s1. The molecule has 1 heterocycles. The number of ether oxygens (including phenoxy) is 1. The summed E-state index contributed by atoms with van der Waals surface area (Å²) in [6.07, 6.45) is -1.06. The molecule has 0 spiro atoms. The molecule has 0 fully saturated rings. The Morgan fingerprint density at radius 3 is 2.34 bits per heavy atom. The molecule has 0 aliphatic heterocycles. The molecule has 0 radical (unpaired) electrons. The van der Waals surface area contributed by atoms with Crippen molar-refractivity contribution < 1.29 is 24.2 Å². The number of aliphatic hydroxyl groups is 1. The SMILES string of the molecule is CCOC(=O)[C@H](O)CC(Cc1ccc(-c2ccccc2)cc1)NC(=O)c1cc(C(=O)N(C)C)n[nH]1. The molecule has 3 aromatic rings. The van der Waals surface area contributed by atoms with E-state index in [1.54, 1.807) is 21.0 Å². The maximum atomic E-state index is 12.9. The Hall–Kier alpha value is -3.98. The molecule has 0 bridgehead atoms. The van der Waals surface area contributed by atoms with Gasteiger partial charge in [-0.15, -0.1) is 0 Å². The molecule has 35 heavy (non-hydrogen) atoms. The lowest BCUT2D eigenvalue weighted by atomic mass is 9.97. The van der Waals surface area contributed by atoms with E-state index in [4.69, 9.17) is 4.74 Å². The average molecular weight is 479 g/mol. The number of aromatic nitrogens is 2. The van der Waals surface area contributed by atoms with Gasteiger partial charge in [0, 0.05) is 32.6 Å². The van der Waals surface area contributed by atoms with E-state index in [9.17, 15) is 19.5 Å². The van der Waals surface area contributed by atoms with Gasteiger partial charge in [0.25, 0.3) is 11.8 Å². The first kappa shape index (κ1) is 25.6. The first-order chi connectivity index (χ1) is 16.8. The fourth-order valence-corrected chi connectivity index (χ4v) is 3.59. The zero-order valence-electron chi connectivity index (χ0n) is 20.0. The molecule has 2 amide bonds. The van der Waals surface area contributed by atoms with Crippen LogP contribution in [0.4, 0.5) is 0 Å². The number of carbonyl (C=O) groups excluding carboxylic acids is 3. The van der Waals surface area contributed by atoms with E-state index in [0.717, 1.165) is 16.7 Å². The van der Waals surface area contributed by atoms with Gasteiger partial charge in [-0.25, -0.2) is 4.79 Å². The molecule has 3 N–H and O–H groups in total. The third-order valence-corrected chi connectivity index (χ3v) is 5.39. The molecule has 9 nitrogen and oxygen atoms in total. The topological polar surface area (TPSA) is 125 Å². The summed E-state index contributed by atoms with van der Waals surface area (Å²) in [5, 5.41) is 19.6. The second-order valence-electron chi connectivity index (χ2n) is 8.31. The number of H-pyrrole nitrogens is 1. The summed E-state index contributed by atoms with van der Waals surface area (Å²) in [7, 11) is 3.18. The van der Waals surface area contributed by atoms with Crippen LogP contribution in [0.15, 0.2) is 60.7 Å². The van der Waals surface area contributed by atoms with Crippen molar-refractivity contribution in [1.82, 2.24) is 20.4 Å². The Bertz CT molecular complexity index is 1140. The number of nitrogens with zero attached hydrogens (tertiary/aromatic N) is 2. The number of rotatable bonds is 10. The van der Waals surface area contributed by atoms with Crippen LogP contribution in [-0.4, -0.2) is 70.8 Å². The number of carbonyl (C=O) groups is 3. The van der Waals surface area contributed by atoms with Crippen LogP contribution < -0.4 is 5.32 Å². The van der Waals surface area contributed by atoms with Gasteiger partial charge in [-0.3, -0.25) is 14.7 Å². The van der Waals surface area contributed by atoms with Crippen LogP contribution in [0.1, 0.15) is 39.9 Å². The van der Waals surface area contributed by atoms with Gasteiger partial charge in [0.05, 0.1) is 6.61 Å². The molecule has 0 saturated carbocycles. The number of benzene rings is 2. The van der Waals surface area contributed by atoms with Crippen molar-refractivity contribution >= 4 is 17.8 Å². The second-order valence-corrected chi connectivity index (χ2v) is 8.31. The fraction of sp³-hybridized carbons (Fsp3) is 0.308. The molecule has 2 aromatic carbocycles. The predicted octanol–water partition coefficient (Wildman–Crippen LogP) is 2.43. The van der Waals surface area contributed by atoms with Crippen molar-refractivity contribution in [3.05, 3.63) is 77.6 Å². The van der Waals surface area contributed by atoms with E-state index < -0.39 is 24.0 Å². The zero-order valence-corrected chi connectivity index (χ0v) is 20.0. The third kappa shape index (κ3) is 7.00. The van der Waals surface area contributed by atoms with Crippen LogP contribution in [-0.2, 0) is 16.0 Å². The van der Waals surface area contributed by atoms with E-state index in [0.29, 0.717) is 6.42 Å². The van der Waals surface area contributed by atoms with E-state index in [-0.39, 0.29) is 30.3 Å². The Morgan fingerprint density at radius 1 is 1.06 bits per heavy atom. The average Bonchev–Trinajstić information content (AvgIpc) is 3.35. The molecule has 1 unspecified atom stereocenters. The van der Waals surface area contributed by atoms with E-state index in [2.05, 4.69) is 15.5 Å². The Kier molecular flexibility index (Phi) is 8.74. The summed E-state index contributed by atoms with van der Waals surface area (Å²) in [6, 6.07) is 18.6. The molecule has 184 valence electrons. The number of aromatic amines is 1. The number of hydrogen-bond acceptors (Lipinski definition) is 6. The van der Waals surface area contributed by atoms with Gasteiger partial charge in [-0.05, 0) is 30.0 Å². The third-order valence-electron chi connectivity index (χ3n) is 5.39. The minimum absolute atomic E-state index is 0.0391. The Labute approximate surface area is 204 Å². The van der Waals surface area contributed by atoms with Crippen LogP contribution in [0.25, 0.3) is 11.1 Å². The van der Waals surface area contributed by atoms with Crippen LogP contribution in [0.5, 0.6) is 0 Å². The van der Waals surface area contributed by atoms with Gasteiger partial charge in [0.15, 0.2) is 11.8 Å². The summed E-state index contributed by atoms with van der Waals surface area (Å²) in [4.78, 5) is 38.3. The lowest BCUT2D eigenvalue weighted by Crippen LogP contribution is -2.41. The second kappa shape index (κ2) is 11.9.